The summed E-state index contributed by atoms with van der Waals surface area (Å²) in [5.41, 5.74) is 15.5. The fraction of sp³-hybridized carbons (Fsp3) is 0.286. The van der Waals surface area contributed by atoms with Crippen LogP contribution < -0.4 is 14.5 Å². The number of rotatable bonds is 12. The normalized spacial score (nSPS) is 13.4. The Hall–Kier alpha value is -6.68. The maximum atomic E-state index is 7.34. The minimum Gasteiger partial charge on any atom is -0.509 e. The van der Waals surface area contributed by atoms with Gasteiger partial charge < -0.3 is 19.1 Å². The van der Waals surface area contributed by atoms with Crippen LogP contribution in [0.25, 0.3) is 38.8 Å². The second-order valence-corrected chi connectivity index (χ2v) is 24.3. The summed E-state index contributed by atoms with van der Waals surface area (Å²) in [6.45, 7) is 34.3. The van der Waals surface area contributed by atoms with Crippen LogP contribution >= 0.6 is 0 Å². The summed E-state index contributed by atoms with van der Waals surface area (Å²) < 4.78 is 9.62. The van der Waals surface area contributed by atoms with E-state index in [0.29, 0.717) is 23.3 Å². The minimum absolute atomic E-state index is 0. The fourth-order valence-electron chi connectivity index (χ4n) is 10.9. The van der Waals surface area contributed by atoms with Crippen molar-refractivity contribution in [3.05, 3.63) is 234 Å². The van der Waals surface area contributed by atoms with Gasteiger partial charge in [0.25, 0.3) is 0 Å². The maximum Gasteiger partial charge on any atom is 0.135 e. The third kappa shape index (κ3) is 10.3. The summed E-state index contributed by atoms with van der Waals surface area (Å²) in [6, 6.07) is 62.8. The molecule has 0 radical (unpaired) electrons. The monoisotopic (exact) mass is 1180 g/mol. The number of ether oxygens (including phenoxy) is 1. The van der Waals surface area contributed by atoms with Crippen molar-refractivity contribution in [1.82, 2.24) is 9.55 Å². The van der Waals surface area contributed by atoms with Gasteiger partial charge in [-0.2, -0.15) is 0 Å². The van der Waals surface area contributed by atoms with Crippen LogP contribution in [0.2, 0.25) is 0 Å². The van der Waals surface area contributed by atoms with Gasteiger partial charge in [0.15, 0.2) is 0 Å². The summed E-state index contributed by atoms with van der Waals surface area (Å²) in [6.07, 6.45) is 6.23. The van der Waals surface area contributed by atoms with Gasteiger partial charge in [-0.05, 0) is 121 Å². The van der Waals surface area contributed by atoms with Gasteiger partial charge >= 0.3 is 0 Å². The largest absolute Gasteiger partial charge is 0.509 e. The first kappa shape index (κ1) is 54.1. The van der Waals surface area contributed by atoms with E-state index in [2.05, 4.69) is 294 Å². The molecule has 392 valence electrons. The van der Waals surface area contributed by atoms with Gasteiger partial charge in [0.05, 0.1) is 0 Å². The first-order chi connectivity index (χ1) is 35.6. The molecule has 5 nitrogen and oxygen atoms in total. The second kappa shape index (κ2) is 20.7. The molecule has 0 bridgehead atoms. The molecule has 9 aromatic rings. The average Bonchev–Trinajstić information content (AvgIpc) is 4.06. The number of fused-ring (bicyclic) bond motifs is 3. The van der Waals surface area contributed by atoms with E-state index >= 15 is 0 Å². The molecule has 7 aromatic carbocycles. The molecule has 1 aliphatic rings. The van der Waals surface area contributed by atoms with Gasteiger partial charge in [0.1, 0.15) is 5.82 Å². The van der Waals surface area contributed by atoms with E-state index in [-0.39, 0.29) is 37.3 Å². The van der Waals surface area contributed by atoms with Crippen LogP contribution in [0, 0.1) is 18.8 Å². The Morgan fingerprint density at radius 3 is 1.70 bits per heavy atom. The van der Waals surface area contributed by atoms with Crippen LogP contribution in [0.3, 0.4) is 0 Å². The molecular formula is C70H73N4OPt-3. The summed E-state index contributed by atoms with van der Waals surface area (Å²) in [5.74, 6) is 2.62. The average molecular weight is 1180 g/mol. The third-order valence-electron chi connectivity index (χ3n) is 15.6. The van der Waals surface area contributed by atoms with Crippen LogP contribution in [0.4, 0.5) is 11.4 Å². The van der Waals surface area contributed by atoms with Crippen LogP contribution in [0.1, 0.15) is 153 Å². The number of hydrogen-bond donors (Lipinski definition) is 0. The Morgan fingerprint density at radius 2 is 1.09 bits per heavy atom. The number of nitrogens with zero attached hydrogens (tertiary/aromatic N) is 4. The molecule has 0 spiro atoms. The zero-order valence-electron chi connectivity index (χ0n) is 46.9. The Kier molecular flexibility index (Phi) is 14.7. The fourth-order valence-corrected chi connectivity index (χ4v) is 10.9. The van der Waals surface area contributed by atoms with Crippen molar-refractivity contribution >= 4 is 33.2 Å². The molecule has 0 saturated carbocycles. The zero-order valence-corrected chi connectivity index (χ0v) is 49.2. The summed E-state index contributed by atoms with van der Waals surface area (Å²) in [4.78, 5) is 9.54. The molecule has 0 amide bonds. The maximum absolute atomic E-state index is 7.34. The smallest absolute Gasteiger partial charge is 0.135 e. The van der Waals surface area contributed by atoms with Crippen molar-refractivity contribution in [1.29, 1.82) is 0 Å². The Balaban J connectivity index is 0.00000706. The van der Waals surface area contributed by atoms with E-state index in [1.807, 2.05) is 6.20 Å². The molecule has 0 fully saturated rings. The number of aromatic nitrogens is 2. The van der Waals surface area contributed by atoms with Crippen molar-refractivity contribution in [2.75, 3.05) is 9.80 Å². The van der Waals surface area contributed by atoms with Crippen molar-refractivity contribution in [3.8, 4) is 28.4 Å². The molecule has 0 unspecified atom stereocenters. The standard InChI is InChI=1S/C70H73N4O.Pt/c1-46(2)58-29-23-30-59(47(3)4)65(58)48-36-54(72-34-35-73(45-72)55-39-52(67(5,6)7)38-53(40-55)68(8,9)10)42-56(37-48)75-57-43-61(70(13,14)50-26-19-16-20-27-50)66-60-28-21-22-31-62(60)74(63(66)44-57)64-41-51(32-33-71-64)69(11,12)49-24-17-15-18-25-49;/h15-41,43,45-47H,1-14H3;/q-3;. The molecule has 3 heterocycles. The molecule has 0 N–H and O–H groups in total. The predicted octanol–water partition coefficient (Wildman–Crippen LogP) is 18.6. The molecule has 10 rings (SSSR count). The number of benzene rings is 7. The SMILES string of the molecule is CC(C)c1cccc(C(C)C)c1-c1cc(Oc2[c-]c3c(c(C(C)(C)c4ccccc4)c2)c2ccccc2n3-c2cc(C(C)(C)c3ccccc3)ccn2)[c-]c(N2C=CN(c3cc(C(C)(C)C)cc(C(C)(C)C)c3)[CH-]2)c1.[Pt]. The molecule has 2 aromatic heterocycles. The molecule has 1 aliphatic heterocycles. The van der Waals surface area contributed by atoms with E-state index in [9.17, 15) is 0 Å². The van der Waals surface area contributed by atoms with Gasteiger partial charge in [-0.15, -0.1) is 53.8 Å². The summed E-state index contributed by atoms with van der Waals surface area (Å²) in [7, 11) is 0. The number of anilines is 2. The van der Waals surface area contributed by atoms with Gasteiger partial charge in [-0.25, -0.2) is 4.98 Å². The topological polar surface area (TPSA) is 33.5 Å². The first-order valence-corrected chi connectivity index (χ1v) is 26.8. The van der Waals surface area contributed by atoms with Crippen LogP contribution in [0.5, 0.6) is 11.5 Å². The van der Waals surface area contributed by atoms with Gasteiger partial charge in [0.2, 0.25) is 0 Å². The van der Waals surface area contributed by atoms with Crippen LogP contribution in [-0.4, -0.2) is 9.55 Å². The van der Waals surface area contributed by atoms with E-state index in [4.69, 9.17) is 9.72 Å². The zero-order chi connectivity index (χ0) is 53.2. The number of para-hydroxylation sites is 1. The van der Waals surface area contributed by atoms with E-state index in [0.717, 1.165) is 50.1 Å². The van der Waals surface area contributed by atoms with Crippen LogP contribution in [-0.2, 0) is 42.7 Å². The molecular weight excluding hydrogens is 1110 g/mol. The van der Waals surface area contributed by atoms with E-state index in [1.165, 1.54) is 44.5 Å². The molecule has 0 atom stereocenters. The quantitative estimate of drug-likeness (QED) is 0.114. The Bertz CT molecular complexity index is 3530. The second-order valence-electron chi connectivity index (χ2n) is 24.3. The van der Waals surface area contributed by atoms with E-state index in [1.54, 1.807) is 0 Å². The molecule has 0 saturated heterocycles. The molecule has 76 heavy (non-hydrogen) atoms. The van der Waals surface area contributed by atoms with Crippen molar-refractivity contribution in [2.24, 2.45) is 0 Å². The molecule has 0 aliphatic carbocycles. The number of pyridine rings is 1. The minimum atomic E-state index is -0.443. The van der Waals surface area contributed by atoms with Crippen molar-refractivity contribution < 1.29 is 25.8 Å². The van der Waals surface area contributed by atoms with Gasteiger partial charge in [-0.1, -0.05) is 211 Å². The first-order valence-electron chi connectivity index (χ1n) is 26.8. The van der Waals surface area contributed by atoms with Crippen molar-refractivity contribution in [2.45, 2.75) is 130 Å². The van der Waals surface area contributed by atoms with Gasteiger partial charge in [-0.3, -0.25) is 0 Å². The van der Waals surface area contributed by atoms with Crippen LogP contribution in [0.15, 0.2) is 170 Å². The van der Waals surface area contributed by atoms with Crippen molar-refractivity contribution in [3.63, 3.8) is 0 Å². The Morgan fingerprint density at radius 1 is 0.526 bits per heavy atom. The predicted molar refractivity (Wildman–Crippen MR) is 316 cm³/mol. The Labute approximate surface area is 467 Å². The number of hydrogen-bond acceptors (Lipinski definition) is 4. The van der Waals surface area contributed by atoms with Gasteiger partial charge in [0, 0.05) is 55.4 Å². The summed E-state index contributed by atoms with van der Waals surface area (Å²) in [5, 5.41) is 2.25. The van der Waals surface area contributed by atoms with E-state index < -0.39 is 5.41 Å². The third-order valence-corrected chi connectivity index (χ3v) is 15.6. The molecule has 6 heteroatoms. The summed E-state index contributed by atoms with van der Waals surface area (Å²) >= 11 is 0.